The molecular weight excluding hydrogens is 232 g/mol. The lowest BCUT2D eigenvalue weighted by molar-refractivity contribution is 0.274. The molecule has 0 radical (unpaired) electrons. The SMILES string of the molecule is CCCC(C)(CNCC)Cc1ccc(F)cc1F. The highest BCUT2D eigenvalue weighted by atomic mass is 19.1. The summed E-state index contributed by atoms with van der Waals surface area (Å²) in [5.74, 6) is -0.950. The van der Waals surface area contributed by atoms with E-state index in [9.17, 15) is 8.78 Å². The first-order chi connectivity index (χ1) is 8.50. The Kier molecular flexibility index (Phi) is 5.73. The minimum Gasteiger partial charge on any atom is -0.316 e. The smallest absolute Gasteiger partial charge is 0.129 e. The second-order valence-corrected chi connectivity index (χ2v) is 5.25. The standard InChI is InChI=1S/C15H23F2N/c1-4-8-15(3,11-18-5-2)10-12-6-7-13(16)9-14(12)17/h6-7,9,18H,4-5,8,10-11H2,1-3H3. The number of benzene rings is 1. The molecule has 1 nitrogen and oxygen atoms in total. The average molecular weight is 255 g/mol. The van der Waals surface area contributed by atoms with Gasteiger partial charge in [0.15, 0.2) is 0 Å². The molecule has 3 heteroatoms. The first-order valence-corrected chi connectivity index (χ1v) is 6.65. The molecule has 1 rings (SSSR count). The summed E-state index contributed by atoms with van der Waals surface area (Å²) >= 11 is 0. The van der Waals surface area contributed by atoms with Crippen LogP contribution in [0.1, 0.15) is 39.2 Å². The van der Waals surface area contributed by atoms with Crippen molar-refractivity contribution in [2.75, 3.05) is 13.1 Å². The van der Waals surface area contributed by atoms with Crippen molar-refractivity contribution in [1.82, 2.24) is 5.32 Å². The van der Waals surface area contributed by atoms with Crippen LogP contribution in [0.25, 0.3) is 0 Å². The van der Waals surface area contributed by atoms with Gasteiger partial charge in [-0.05, 0) is 36.4 Å². The number of nitrogens with one attached hydrogen (secondary N) is 1. The molecule has 0 fully saturated rings. The highest BCUT2D eigenvalue weighted by molar-refractivity contribution is 5.20. The van der Waals surface area contributed by atoms with E-state index in [-0.39, 0.29) is 5.41 Å². The molecule has 0 aliphatic carbocycles. The number of hydrogen-bond donors (Lipinski definition) is 1. The zero-order chi connectivity index (χ0) is 13.6. The fraction of sp³-hybridized carbons (Fsp3) is 0.600. The molecule has 1 atom stereocenters. The minimum absolute atomic E-state index is 0.0173. The largest absolute Gasteiger partial charge is 0.316 e. The summed E-state index contributed by atoms with van der Waals surface area (Å²) in [7, 11) is 0. The summed E-state index contributed by atoms with van der Waals surface area (Å²) in [6.45, 7) is 8.11. The zero-order valence-corrected chi connectivity index (χ0v) is 11.5. The molecule has 0 aromatic heterocycles. The van der Waals surface area contributed by atoms with Gasteiger partial charge in [-0.15, -0.1) is 0 Å². The van der Waals surface area contributed by atoms with E-state index in [1.54, 1.807) is 6.07 Å². The van der Waals surface area contributed by atoms with E-state index in [4.69, 9.17) is 0 Å². The van der Waals surface area contributed by atoms with Crippen molar-refractivity contribution in [3.63, 3.8) is 0 Å². The third kappa shape index (κ3) is 4.37. The van der Waals surface area contributed by atoms with Gasteiger partial charge in [0.05, 0.1) is 0 Å². The van der Waals surface area contributed by atoms with E-state index in [1.807, 2.05) is 0 Å². The Morgan fingerprint density at radius 3 is 2.50 bits per heavy atom. The fourth-order valence-corrected chi connectivity index (χ4v) is 2.39. The second kappa shape index (κ2) is 6.83. The zero-order valence-electron chi connectivity index (χ0n) is 11.5. The van der Waals surface area contributed by atoms with Gasteiger partial charge in [0.1, 0.15) is 11.6 Å². The Morgan fingerprint density at radius 1 is 1.22 bits per heavy atom. The first kappa shape index (κ1) is 15.1. The lowest BCUT2D eigenvalue weighted by Gasteiger charge is -2.30. The third-order valence-corrected chi connectivity index (χ3v) is 3.29. The Morgan fingerprint density at radius 2 is 1.94 bits per heavy atom. The molecule has 1 N–H and O–H groups in total. The molecule has 0 amide bonds. The summed E-state index contributed by atoms with van der Waals surface area (Å²) in [6, 6.07) is 3.86. The van der Waals surface area contributed by atoms with Crippen LogP contribution in [-0.4, -0.2) is 13.1 Å². The molecule has 0 heterocycles. The van der Waals surface area contributed by atoms with Gasteiger partial charge in [-0.25, -0.2) is 8.78 Å². The van der Waals surface area contributed by atoms with E-state index in [2.05, 4.69) is 26.1 Å². The van der Waals surface area contributed by atoms with Crippen molar-refractivity contribution >= 4 is 0 Å². The van der Waals surface area contributed by atoms with Crippen molar-refractivity contribution in [3.05, 3.63) is 35.4 Å². The van der Waals surface area contributed by atoms with Crippen molar-refractivity contribution in [2.45, 2.75) is 40.0 Å². The summed E-state index contributed by atoms with van der Waals surface area (Å²) in [4.78, 5) is 0. The van der Waals surface area contributed by atoms with Crippen molar-refractivity contribution in [3.8, 4) is 0 Å². The molecule has 0 saturated carbocycles. The molecule has 1 aromatic rings. The number of rotatable bonds is 7. The maximum atomic E-state index is 13.7. The van der Waals surface area contributed by atoms with Crippen molar-refractivity contribution in [1.29, 1.82) is 0 Å². The normalized spacial score (nSPS) is 14.5. The minimum atomic E-state index is -0.514. The Bertz CT molecular complexity index is 379. The summed E-state index contributed by atoms with van der Waals surface area (Å²) in [6.07, 6.45) is 2.72. The maximum Gasteiger partial charge on any atom is 0.129 e. The molecule has 18 heavy (non-hydrogen) atoms. The van der Waals surface area contributed by atoms with Gasteiger partial charge >= 0.3 is 0 Å². The van der Waals surface area contributed by atoms with Crippen LogP contribution in [0.5, 0.6) is 0 Å². The van der Waals surface area contributed by atoms with E-state index in [0.717, 1.165) is 32.0 Å². The predicted molar refractivity (Wildman–Crippen MR) is 71.6 cm³/mol. The van der Waals surface area contributed by atoms with Gasteiger partial charge in [-0.2, -0.15) is 0 Å². The topological polar surface area (TPSA) is 12.0 Å². The van der Waals surface area contributed by atoms with Crippen LogP contribution in [0.2, 0.25) is 0 Å². The Labute approximate surface area is 109 Å². The fourth-order valence-electron chi connectivity index (χ4n) is 2.39. The van der Waals surface area contributed by atoms with Crippen LogP contribution in [0.3, 0.4) is 0 Å². The van der Waals surface area contributed by atoms with Gasteiger partial charge in [0.25, 0.3) is 0 Å². The molecule has 0 aliphatic heterocycles. The summed E-state index contributed by atoms with van der Waals surface area (Å²) in [5, 5.41) is 3.33. The van der Waals surface area contributed by atoms with E-state index < -0.39 is 11.6 Å². The molecule has 102 valence electrons. The summed E-state index contributed by atoms with van der Waals surface area (Å²) in [5.41, 5.74) is 0.619. The van der Waals surface area contributed by atoms with Crippen LogP contribution >= 0.6 is 0 Å². The van der Waals surface area contributed by atoms with Crippen LogP contribution in [-0.2, 0) is 6.42 Å². The van der Waals surface area contributed by atoms with Gasteiger partial charge in [-0.3, -0.25) is 0 Å². The Hall–Kier alpha value is -0.960. The maximum absolute atomic E-state index is 13.7. The van der Waals surface area contributed by atoms with E-state index in [0.29, 0.717) is 12.0 Å². The van der Waals surface area contributed by atoms with Crippen molar-refractivity contribution < 1.29 is 8.78 Å². The molecule has 1 aromatic carbocycles. The molecule has 0 bridgehead atoms. The lowest BCUT2D eigenvalue weighted by Crippen LogP contribution is -2.33. The lowest BCUT2D eigenvalue weighted by atomic mass is 9.79. The number of halogens is 2. The highest BCUT2D eigenvalue weighted by Gasteiger charge is 2.24. The Balaban J connectivity index is 2.81. The van der Waals surface area contributed by atoms with E-state index >= 15 is 0 Å². The molecule has 0 aliphatic rings. The number of hydrogen-bond acceptors (Lipinski definition) is 1. The summed E-state index contributed by atoms with van der Waals surface area (Å²) < 4.78 is 26.6. The van der Waals surface area contributed by atoms with Crippen LogP contribution in [0, 0.1) is 17.0 Å². The quantitative estimate of drug-likeness (QED) is 0.778. The van der Waals surface area contributed by atoms with E-state index in [1.165, 1.54) is 6.07 Å². The van der Waals surface area contributed by atoms with Gasteiger partial charge in [-0.1, -0.05) is 33.3 Å². The van der Waals surface area contributed by atoms with Gasteiger partial charge < -0.3 is 5.32 Å². The monoisotopic (exact) mass is 255 g/mol. The van der Waals surface area contributed by atoms with Gasteiger partial charge in [0.2, 0.25) is 0 Å². The third-order valence-electron chi connectivity index (χ3n) is 3.29. The second-order valence-electron chi connectivity index (χ2n) is 5.25. The van der Waals surface area contributed by atoms with Gasteiger partial charge in [0, 0.05) is 12.6 Å². The van der Waals surface area contributed by atoms with Crippen LogP contribution < -0.4 is 5.32 Å². The van der Waals surface area contributed by atoms with Crippen LogP contribution in [0.15, 0.2) is 18.2 Å². The first-order valence-electron chi connectivity index (χ1n) is 6.65. The molecule has 0 spiro atoms. The predicted octanol–water partition coefficient (Wildman–Crippen LogP) is 3.92. The highest BCUT2D eigenvalue weighted by Crippen LogP contribution is 2.28. The average Bonchev–Trinajstić information content (AvgIpc) is 2.31. The molecule has 0 saturated heterocycles. The molecule has 1 unspecified atom stereocenters. The van der Waals surface area contributed by atoms with Crippen molar-refractivity contribution in [2.24, 2.45) is 5.41 Å². The molecular formula is C15H23F2N. The van der Waals surface area contributed by atoms with Crippen LogP contribution in [0.4, 0.5) is 8.78 Å².